The second kappa shape index (κ2) is 6.24. The van der Waals surface area contributed by atoms with Crippen molar-refractivity contribution in [2.24, 2.45) is 11.1 Å². The Labute approximate surface area is 124 Å². The third kappa shape index (κ3) is 3.29. The third-order valence-corrected chi connectivity index (χ3v) is 2.99. The summed E-state index contributed by atoms with van der Waals surface area (Å²) in [6.45, 7) is 6.10. The summed E-state index contributed by atoms with van der Waals surface area (Å²) in [5, 5.41) is 3.98. The van der Waals surface area contributed by atoms with Crippen LogP contribution in [-0.4, -0.2) is 17.3 Å². The van der Waals surface area contributed by atoms with Gasteiger partial charge in [0.1, 0.15) is 5.75 Å². The highest BCUT2D eigenvalue weighted by atomic mass is 35.5. The van der Waals surface area contributed by atoms with E-state index in [0.29, 0.717) is 17.5 Å². The molecule has 6 heteroatoms. The molecule has 0 aliphatic rings. The average molecular weight is 298 g/mol. The van der Waals surface area contributed by atoms with E-state index in [2.05, 4.69) is 10.1 Å². The van der Waals surface area contributed by atoms with Crippen molar-refractivity contribution in [1.29, 1.82) is 0 Å². The quantitative estimate of drug-likeness (QED) is 0.941. The van der Waals surface area contributed by atoms with Gasteiger partial charge in [-0.25, -0.2) is 0 Å². The van der Waals surface area contributed by atoms with Crippen LogP contribution in [0.25, 0.3) is 11.4 Å². The van der Waals surface area contributed by atoms with Gasteiger partial charge < -0.3 is 15.0 Å². The zero-order chi connectivity index (χ0) is 14.0. The maximum Gasteiger partial charge on any atom is 0.244 e. The fraction of sp³-hybridized carbons (Fsp3) is 0.429. The summed E-state index contributed by atoms with van der Waals surface area (Å²) in [6.07, 6.45) is 0. The van der Waals surface area contributed by atoms with Crippen molar-refractivity contribution in [3.05, 3.63) is 30.2 Å². The van der Waals surface area contributed by atoms with Gasteiger partial charge in [-0.15, -0.1) is 12.4 Å². The highest BCUT2D eigenvalue weighted by Crippen LogP contribution is 2.32. The molecule has 0 saturated carbocycles. The molecule has 5 nitrogen and oxygen atoms in total. The summed E-state index contributed by atoms with van der Waals surface area (Å²) in [7, 11) is 1.61. The number of halogens is 1. The first-order valence-electron chi connectivity index (χ1n) is 6.16. The smallest absolute Gasteiger partial charge is 0.244 e. The highest BCUT2D eigenvalue weighted by molar-refractivity contribution is 5.85. The van der Waals surface area contributed by atoms with E-state index in [4.69, 9.17) is 15.0 Å². The van der Waals surface area contributed by atoms with E-state index in [1.165, 1.54) is 0 Å². The standard InChI is InChI=1S/C14H19N3O2.ClH/c1-14(2,3)11(15)13-16-12(17-19-13)9-7-5-6-8-10(9)18-4;/h5-8,11H,15H2,1-4H3;1H/t11-;/m1./s1. The zero-order valence-electron chi connectivity index (χ0n) is 12.1. The van der Waals surface area contributed by atoms with Crippen LogP contribution in [0.5, 0.6) is 5.75 Å². The lowest BCUT2D eigenvalue weighted by atomic mass is 9.87. The molecule has 0 spiro atoms. The van der Waals surface area contributed by atoms with E-state index < -0.39 is 0 Å². The number of aromatic nitrogens is 2. The number of methoxy groups -OCH3 is 1. The number of nitrogens with zero attached hydrogens (tertiary/aromatic N) is 2. The average Bonchev–Trinajstić information content (AvgIpc) is 2.86. The van der Waals surface area contributed by atoms with E-state index in [0.717, 1.165) is 5.56 Å². The van der Waals surface area contributed by atoms with Gasteiger partial charge in [0.2, 0.25) is 11.7 Å². The first-order chi connectivity index (χ1) is 8.93. The molecule has 0 radical (unpaired) electrons. The van der Waals surface area contributed by atoms with Crippen LogP contribution >= 0.6 is 12.4 Å². The van der Waals surface area contributed by atoms with Crippen molar-refractivity contribution in [2.75, 3.05) is 7.11 Å². The normalized spacial score (nSPS) is 12.7. The number of para-hydroxylation sites is 1. The van der Waals surface area contributed by atoms with Crippen LogP contribution in [0.1, 0.15) is 32.7 Å². The van der Waals surface area contributed by atoms with Crippen molar-refractivity contribution in [1.82, 2.24) is 10.1 Å². The van der Waals surface area contributed by atoms with Crippen LogP contribution < -0.4 is 10.5 Å². The molecule has 2 N–H and O–H groups in total. The SMILES string of the molecule is COc1ccccc1-c1noc([C@@H](N)C(C)(C)C)n1.Cl. The van der Waals surface area contributed by atoms with E-state index in [-0.39, 0.29) is 23.9 Å². The van der Waals surface area contributed by atoms with Gasteiger partial charge in [-0.1, -0.05) is 38.1 Å². The molecule has 0 saturated heterocycles. The first kappa shape index (κ1) is 16.5. The Morgan fingerprint density at radius 2 is 1.90 bits per heavy atom. The Hall–Kier alpha value is -1.59. The van der Waals surface area contributed by atoms with Crippen molar-refractivity contribution in [3.8, 4) is 17.1 Å². The van der Waals surface area contributed by atoms with Crippen molar-refractivity contribution in [2.45, 2.75) is 26.8 Å². The number of ether oxygens (including phenoxy) is 1. The van der Waals surface area contributed by atoms with Crippen LogP contribution in [0, 0.1) is 5.41 Å². The molecule has 1 aromatic heterocycles. The number of rotatable bonds is 3. The van der Waals surface area contributed by atoms with E-state index in [1.807, 2.05) is 45.0 Å². The Bertz CT molecular complexity index is 564. The predicted molar refractivity (Wildman–Crippen MR) is 79.9 cm³/mol. The Morgan fingerprint density at radius 1 is 1.25 bits per heavy atom. The second-order valence-corrected chi connectivity index (χ2v) is 5.50. The number of benzene rings is 1. The molecule has 0 amide bonds. The lowest BCUT2D eigenvalue weighted by Crippen LogP contribution is -2.26. The fourth-order valence-corrected chi connectivity index (χ4v) is 1.67. The van der Waals surface area contributed by atoms with Gasteiger partial charge in [0.15, 0.2) is 0 Å². The molecule has 1 atom stereocenters. The third-order valence-electron chi connectivity index (χ3n) is 2.99. The lowest BCUT2D eigenvalue weighted by molar-refractivity contribution is 0.253. The van der Waals surface area contributed by atoms with E-state index >= 15 is 0 Å². The Morgan fingerprint density at radius 3 is 2.50 bits per heavy atom. The number of hydrogen-bond donors (Lipinski definition) is 1. The van der Waals surface area contributed by atoms with Crippen molar-refractivity contribution >= 4 is 12.4 Å². The Kier molecular flexibility index (Phi) is 5.14. The first-order valence-corrected chi connectivity index (χ1v) is 6.16. The molecular formula is C14H20ClN3O2. The molecule has 1 heterocycles. The minimum Gasteiger partial charge on any atom is -0.496 e. The van der Waals surface area contributed by atoms with Gasteiger partial charge in [0, 0.05) is 0 Å². The molecule has 1 aromatic carbocycles. The van der Waals surface area contributed by atoms with Crippen LogP contribution in [0.2, 0.25) is 0 Å². The van der Waals surface area contributed by atoms with Crippen LogP contribution in [0.3, 0.4) is 0 Å². The summed E-state index contributed by atoms with van der Waals surface area (Å²) < 4.78 is 10.5. The molecule has 0 unspecified atom stereocenters. The van der Waals surface area contributed by atoms with Crippen molar-refractivity contribution < 1.29 is 9.26 Å². The van der Waals surface area contributed by atoms with Gasteiger partial charge >= 0.3 is 0 Å². The van der Waals surface area contributed by atoms with Crippen LogP contribution in [0.15, 0.2) is 28.8 Å². The van der Waals surface area contributed by atoms with Crippen molar-refractivity contribution in [3.63, 3.8) is 0 Å². The molecule has 0 bridgehead atoms. The molecule has 2 rings (SSSR count). The number of hydrogen-bond acceptors (Lipinski definition) is 5. The summed E-state index contributed by atoms with van der Waals surface area (Å²) in [6, 6.07) is 7.23. The maximum absolute atomic E-state index is 6.11. The molecular weight excluding hydrogens is 278 g/mol. The monoisotopic (exact) mass is 297 g/mol. The predicted octanol–water partition coefficient (Wildman–Crippen LogP) is 3.21. The van der Waals surface area contributed by atoms with Gasteiger partial charge in [0.25, 0.3) is 0 Å². The van der Waals surface area contributed by atoms with E-state index in [1.54, 1.807) is 7.11 Å². The van der Waals surface area contributed by atoms with Gasteiger partial charge in [-0.3, -0.25) is 0 Å². The largest absolute Gasteiger partial charge is 0.496 e. The molecule has 2 aromatic rings. The molecule has 0 fully saturated rings. The summed E-state index contributed by atoms with van der Waals surface area (Å²) in [5.41, 5.74) is 6.76. The summed E-state index contributed by atoms with van der Waals surface area (Å²) in [4.78, 5) is 4.37. The van der Waals surface area contributed by atoms with Gasteiger partial charge in [-0.05, 0) is 17.5 Å². The molecule has 0 aliphatic heterocycles. The minimum atomic E-state index is -0.302. The summed E-state index contributed by atoms with van der Waals surface area (Å²) >= 11 is 0. The van der Waals surface area contributed by atoms with Crippen LogP contribution in [0.4, 0.5) is 0 Å². The second-order valence-electron chi connectivity index (χ2n) is 5.50. The Balaban J connectivity index is 0.00000200. The van der Waals surface area contributed by atoms with Crippen LogP contribution in [-0.2, 0) is 0 Å². The van der Waals surface area contributed by atoms with E-state index in [9.17, 15) is 0 Å². The van der Waals surface area contributed by atoms with Gasteiger partial charge in [0.05, 0.1) is 18.7 Å². The zero-order valence-corrected chi connectivity index (χ0v) is 12.9. The molecule has 110 valence electrons. The topological polar surface area (TPSA) is 74.2 Å². The molecule has 0 aliphatic carbocycles. The lowest BCUT2D eigenvalue weighted by Gasteiger charge is -2.23. The highest BCUT2D eigenvalue weighted by Gasteiger charge is 2.28. The minimum absolute atomic E-state index is 0. The number of nitrogens with two attached hydrogens (primary N) is 1. The summed E-state index contributed by atoms with van der Waals surface area (Å²) in [5.74, 6) is 1.64. The fourth-order valence-electron chi connectivity index (χ4n) is 1.67. The maximum atomic E-state index is 6.11. The van der Waals surface area contributed by atoms with Gasteiger partial charge in [-0.2, -0.15) is 4.98 Å². The molecule has 20 heavy (non-hydrogen) atoms.